The zero-order chi connectivity index (χ0) is 18.4. The monoisotopic (exact) mass is 353 g/mol. The number of piperidine rings is 1. The summed E-state index contributed by atoms with van der Waals surface area (Å²) in [5, 5.41) is 2.78. The maximum absolute atomic E-state index is 12.3. The van der Waals surface area contributed by atoms with Crippen molar-refractivity contribution in [3.63, 3.8) is 0 Å². The molecule has 6 nitrogen and oxygen atoms in total. The van der Waals surface area contributed by atoms with Crippen LogP contribution in [0.5, 0.6) is 5.75 Å². The Bertz CT molecular complexity index is 756. The van der Waals surface area contributed by atoms with E-state index in [4.69, 9.17) is 4.74 Å². The minimum absolute atomic E-state index is 0.0857. The molecular weight excluding hydrogens is 330 g/mol. The van der Waals surface area contributed by atoms with Crippen LogP contribution in [0.15, 0.2) is 48.8 Å². The summed E-state index contributed by atoms with van der Waals surface area (Å²) < 4.78 is 5.90. The summed E-state index contributed by atoms with van der Waals surface area (Å²) in [6.07, 6.45) is 4.86. The second kappa shape index (κ2) is 8.47. The number of anilines is 1. The molecular formula is C20H23N3O3. The van der Waals surface area contributed by atoms with Crippen molar-refractivity contribution >= 4 is 17.5 Å². The van der Waals surface area contributed by atoms with Crippen molar-refractivity contribution in [3.8, 4) is 5.75 Å². The minimum Gasteiger partial charge on any atom is -0.490 e. The molecule has 0 atom stereocenters. The quantitative estimate of drug-likeness (QED) is 0.839. The summed E-state index contributed by atoms with van der Waals surface area (Å²) in [4.78, 5) is 30.1. The van der Waals surface area contributed by atoms with E-state index in [9.17, 15) is 9.59 Å². The number of ether oxygens (including phenoxy) is 1. The van der Waals surface area contributed by atoms with Gasteiger partial charge in [-0.2, -0.15) is 0 Å². The largest absolute Gasteiger partial charge is 0.490 e. The van der Waals surface area contributed by atoms with Crippen molar-refractivity contribution in [2.24, 2.45) is 0 Å². The fraction of sp³-hybridized carbons (Fsp3) is 0.350. The number of nitrogens with one attached hydrogen (secondary N) is 1. The number of aryl methyl sites for hydroxylation is 1. The van der Waals surface area contributed by atoms with Gasteiger partial charge in [-0.25, -0.2) is 0 Å². The van der Waals surface area contributed by atoms with Crippen LogP contribution in [-0.2, 0) is 9.59 Å². The van der Waals surface area contributed by atoms with Crippen molar-refractivity contribution in [2.45, 2.75) is 32.3 Å². The number of carbonyl (C=O) groups excluding carboxylic acids is 2. The second-order valence-electron chi connectivity index (χ2n) is 6.48. The molecule has 0 saturated carbocycles. The number of benzene rings is 1. The minimum atomic E-state index is -0.282. The van der Waals surface area contributed by atoms with E-state index in [1.807, 2.05) is 43.3 Å². The Hall–Kier alpha value is -2.89. The number of hydrogen-bond donors (Lipinski definition) is 1. The Kier molecular flexibility index (Phi) is 5.84. The summed E-state index contributed by atoms with van der Waals surface area (Å²) in [5.41, 5.74) is 1.78. The van der Waals surface area contributed by atoms with E-state index in [0.29, 0.717) is 18.8 Å². The molecule has 2 heterocycles. The third-order valence-electron chi connectivity index (χ3n) is 4.36. The first-order valence-corrected chi connectivity index (χ1v) is 8.81. The lowest BCUT2D eigenvalue weighted by Gasteiger charge is -2.32. The molecule has 26 heavy (non-hydrogen) atoms. The van der Waals surface area contributed by atoms with Gasteiger partial charge in [-0.15, -0.1) is 0 Å². The Morgan fingerprint density at radius 2 is 1.92 bits per heavy atom. The van der Waals surface area contributed by atoms with Crippen LogP contribution in [0, 0.1) is 6.92 Å². The normalized spacial score (nSPS) is 14.7. The van der Waals surface area contributed by atoms with E-state index in [0.717, 1.165) is 24.2 Å². The van der Waals surface area contributed by atoms with E-state index >= 15 is 0 Å². The van der Waals surface area contributed by atoms with Gasteiger partial charge in [-0.3, -0.25) is 14.6 Å². The first-order chi connectivity index (χ1) is 12.6. The van der Waals surface area contributed by atoms with E-state index in [-0.39, 0.29) is 24.3 Å². The number of likely N-dealkylation sites (tertiary alicyclic amines) is 1. The zero-order valence-electron chi connectivity index (χ0n) is 14.9. The van der Waals surface area contributed by atoms with Crippen molar-refractivity contribution in [1.82, 2.24) is 9.88 Å². The predicted octanol–water partition coefficient (Wildman–Crippen LogP) is 2.79. The number of rotatable bonds is 5. The number of amides is 2. The van der Waals surface area contributed by atoms with Gasteiger partial charge >= 0.3 is 0 Å². The van der Waals surface area contributed by atoms with Gasteiger partial charge in [-0.05, 0) is 36.8 Å². The fourth-order valence-corrected chi connectivity index (χ4v) is 3.01. The molecule has 1 aromatic heterocycles. The first-order valence-electron chi connectivity index (χ1n) is 8.81. The smallest absolute Gasteiger partial charge is 0.233 e. The summed E-state index contributed by atoms with van der Waals surface area (Å²) in [6.45, 7) is 3.16. The maximum Gasteiger partial charge on any atom is 0.233 e. The molecule has 0 unspecified atom stereocenters. The third-order valence-corrected chi connectivity index (χ3v) is 4.36. The van der Waals surface area contributed by atoms with E-state index in [1.54, 1.807) is 17.3 Å². The maximum atomic E-state index is 12.3. The Morgan fingerprint density at radius 3 is 2.62 bits per heavy atom. The van der Waals surface area contributed by atoms with Crippen LogP contribution in [0.2, 0.25) is 0 Å². The Morgan fingerprint density at radius 1 is 1.19 bits per heavy atom. The van der Waals surface area contributed by atoms with E-state index in [1.165, 1.54) is 0 Å². The van der Waals surface area contributed by atoms with Crippen molar-refractivity contribution in [3.05, 3.63) is 54.4 Å². The predicted molar refractivity (Wildman–Crippen MR) is 98.9 cm³/mol. The van der Waals surface area contributed by atoms with Crippen LogP contribution in [0.25, 0.3) is 0 Å². The molecule has 136 valence electrons. The number of carbonyl (C=O) groups is 2. The molecule has 0 spiro atoms. The highest BCUT2D eigenvalue weighted by molar-refractivity contribution is 6.03. The molecule has 1 aliphatic rings. The van der Waals surface area contributed by atoms with Gasteiger partial charge in [0.2, 0.25) is 11.8 Å². The topological polar surface area (TPSA) is 71.5 Å². The highest BCUT2D eigenvalue weighted by atomic mass is 16.5. The van der Waals surface area contributed by atoms with Gasteiger partial charge in [0.15, 0.2) is 0 Å². The van der Waals surface area contributed by atoms with Gasteiger partial charge in [0.1, 0.15) is 18.3 Å². The molecule has 0 aliphatic carbocycles. The first kappa shape index (κ1) is 17.9. The number of aromatic nitrogens is 1. The fourth-order valence-electron chi connectivity index (χ4n) is 3.01. The molecule has 1 saturated heterocycles. The van der Waals surface area contributed by atoms with Crippen LogP contribution < -0.4 is 10.1 Å². The molecule has 0 bridgehead atoms. The standard InChI is InChI=1S/C20H23N3O3/c1-15-3-2-4-16(13-15)22-19(24)14-20(25)23-11-7-18(8-12-23)26-17-5-9-21-10-6-17/h2-6,9-10,13,18H,7-8,11-12,14H2,1H3,(H,22,24). The molecule has 1 fully saturated rings. The summed E-state index contributed by atoms with van der Waals surface area (Å²) in [7, 11) is 0. The van der Waals surface area contributed by atoms with Gasteiger partial charge in [-0.1, -0.05) is 12.1 Å². The van der Waals surface area contributed by atoms with Crippen molar-refractivity contribution in [1.29, 1.82) is 0 Å². The highest BCUT2D eigenvalue weighted by Crippen LogP contribution is 2.19. The molecule has 2 aromatic rings. The highest BCUT2D eigenvalue weighted by Gasteiger charge is 2.25. The second-order valence-corrected chi connectivity index (χ2v) is 6.48. The zero-order valence-corrected chi connectivity index (χ0v) is 14.9. The number of hydrogen-bond acceptors (Lipinski definition) is 4. The van der Waals surface area contributed by atoms with E-state index < -0.39 is 0 Å². The van der Waals surface area contributed by atoms with Gasteiger partial charge in [0.05, 0.1) is 0 Å². The lowest BCUT2D eigenvalue weighted by atomic mass is 10.1. The molecule has 2 amide bonds. The van der Waals surface area contributed by atoms with E-state index in [2.05, 4.69) is 10.3 Å². The van der Waals surface area contributed by atoms with Gasteiger partial charge in [0.25, 0.3) is 0 Å². The lowest BCUT2D eigenvalue weighted by molar-refractivity contribution is -0.136. The van der Waals surface area contributed by atoms with Crippen LogP contribution in [0.3, 0.4) is 0 Å². The van der Waals surface area contributed by atoms with Gasteiger partial charge < -0.3 is 15.0 Å². The average Bonchev–Trinajstić information content (AvgIpc) is 2.63. The molecule has 1 N–H and O–H groups in total. The van der Waals surface area contributed by atoms with Crippen LogP contribution >= 0.6 is 0 Å². The summed E-state index contributed by atoms with van der Waals surface area (Å²) in [5.74, 6) is 0.371. The molecule has 1 aromatic carbocycles. The summed E-state index contributed by atoms with van der Waals surface area (Å²) >= 11 is 0. The average molecular weight is 353 g/mol. The van der Waals surface area contributed by atoms with Crippen LogP contribution in [-0.4, -0.2) is 40.9 Å². The Labute approximate surface area is 153 Å². The molecule has 0 radical (unpaired) electrons. The molecule has 6 heteroatoms. The van der Waals surface area contributed by atoms with Crippen molar-refractivity contribution < 1.29 is 14.3 Å². The third kappa shape index (κ3) is 5.05. The van der Waals surface area contributed by atoms with Crippen LogP contribution in [0.1, 0.15) is 24.8 Å². The lowest BCUT2D eigenvalue weighted by Crippen LogP contribution is -2.42. The van der Waals surface area contributed by atoms with Crippen molar-refractivity contribution in [2.75, 3.05) is 18.4 Å². The SMILES string of the molecule is Cc1cccc(NC(=O)CC(=O)N2CCC(Oc3ccncc3)CC2)c1. The Balaban J connectivity index is 1.44. The molecule has 1 aliphatic heterocycles. The van der Waals surface area contributed by atoms with Crippen LogP contribution in [0.4, 0.5) is 5.69 Å². The molecule has 3 rings (SSSR count). The number of pyridine rings is 1. The van der Waals surface area contributed by atoms with Gasteiger partial charge in [0, 0.05) is 44.0 Å². The summed E-state index contributed by atoms with van der Waals surface area (Å²) in [6, 6.07) is 11.2. The number of nitrogens with zero attached hydrogens (tertiary/aromatic N) is 2.